The van der Waals surface area contributed by atoms with Crippen LogP contribution in [0.4, 0.5) is 0 Å². The van der Waals surface area contributed by atoms with E-state index in [1.54, 1.807) is 0 Å². The van der Waals surface area contributed by atoms with E-state index in [1.807, 2.05) is 0 Å². The molecule has 6 heteroatoms. The van der Waals surface area contributed by atoms with E-state index in [0.29, 0.717) is 0 Å². The summed E-state index contributed by atoms with van der Waals surface area (Å²) in [5.74, 6) is 0. The Hall–Kier alpha value is 0.343. The Bertz CT molecular complexity index is 41.2. The van der Waals surface area contributed by atoms with Crippen molar-refractivity contribution in [2.45, 2.75) is 0 Å². The summed E-state index contributed by atoms with van der Waals surface area (Å²) >= 11 is -0.484. The largest absolute Gasteiger partial charge is 0.412 e. The molecule has 5 nitrogen and oxygen atoms in total. The Morgan fingerprint density at radius 3 is 2.00 bits per heavy atom. The van der Waals surface area contributed by atoms with Crippen LogP contribution in [-0.2, 0) is 7.53 Å². The van der Waals surface area contributed by atoms with E-state index >= 15 is 0 Å². The van der Waals surface area contributed by atoms with Gasteiger partial charge in [-0.3, -0.25) is 0 Å². The van der Waals surface area contributed by atoms with Gasteiger partial charge in [0.1, 0.15) is 0 Å². The fraction of sp³-hybridized carbons (Fsp3) is 1.00. The molecule has 0 spiro atoms. The summed E-state index contributed by atoms with van der Waals surface area (Å²) in [7, 11) is 0. The van der Waals surface area contributed by atoms with Crippen LogP contribution in [0.1, 0.15) is 0 Å². The van der Waals surface area contributed by atoms with Gasteiger partial charge in [0.2, 0.25) is 0 Å². The van der Waals surface area contributed by atoms with E-state index in [4.69, 9.17) is 7.53 Å². The Kier molecular flexibility index (Phi) is 12.1. The van der Waals surface area contributed by atoms with Gasteiger partial charge in [0.15, 0.2) is 0 Å². The molecule has 10 heavy (non-hydrogen) atoms. The van der Waals surface area contributed by atoms with Crippen molar-refractivity contribution in [3.05, 3.63) is 0 Å². The van der Waals surface area contributed by atoms with Crippen molar-refractivity contribution in [3.63, 3.8) is 0 Å². The third kappa shape index (κ3) is 6.46. The summed E-state index contributed by atoms with van der Waals surface area (Å²) in [4.78, 5) is 0. The van der Waals surface area contributed by atoms with Crippen molar-refractivity contribution in [2.24, 2.45) is 0 Å². The molecule has 1 rings (SSSR count). The summed E-state index contributed by atoms with van der Waals surface area (Å²) in [6.07, 6.45) is 0. The average Bonchev–Trinajstić information content (AvgIpc) is 1.62. The van der Waals surface area contributed by atoms with Crippen molar-refractivity contribution in [3.8, 4) is 0 Å². The third-order valence-corrected chi connectivity index (χ3v) is 2.23. The van der Waals surface area contributed by atoms with Gasteiger partial charge in [-0.05, 0) is 0 Å². The third-order valence-electron chi connectivity index (χ3n) is 0.880. The molecule has 0 saturated carbocycles. The van der Waals surface area contributed by atoms with Gasteiger partial charge in [-0.1, -0.05) is 0 Å². The minimum atomic E-state index is -0.484. The van der Waals surface area contributed by atoms with Crippen LogP contribution in [0.2, 0.25) is 0 Å². The van der Waals surface area contributed by atoms with Gasteiger partial charge in [0.05, 0.1) is 0 Å². The van der Waals surface area contributed by atoms with Crippen LogP contribution in [-0.4, -0.2) is 53.4 Å². The molecule has 0 aliphatic carbocycles. The first-order chi connectivity index (χ1) is 4.00. The minimum absolute atomic E-state index is 0. The first kappa shape index (κ1) is 13.0. The van der Waals surface area contributed by atoms with Crippen LogP contribution < -0.4 is 5.32 Å². The summed E-state index contributed by atoms with van der Waals surface area (Å²) in [5.41, 5.74) is 0. The maximum Gasteiger partial charge on any atom is -0.412 e. The second kappa shape index (κ2) is 9.34. The molecule has 1 saturated heterocycles. The van der Waals surface area contributed by atoms with E-state index in [-0.39, 0.29) is 11.0 Å². The molecule has 1 fully saturated rings. The number of nitrogens with one attached hydrogen (secondary N) is 1. The second-order valence-corrected chi connectivity index (χ2v) is 3.09. The first-order valence-electron chi connectivity index (χ1n) is 2.69. The van der Waals surface area contributed by atoms with Gasteiger partial charge in [-0.15, -0.1) is 0 Å². The molecule has 5 N–H and O–H groups in total. The molecule has 0 aromatic heterocycles. The maximum atomic E-state index is 5.11. The van der Waals surface area contributed by atoms with Crippen molar-refractivity contribution < 1.29 is 18.5 Å². The SMILES string of the molecule is C1C[O][Ge][O]CCN1.O.O. The van der Waals surface area contributed by atoms with Crippen molar-refractivity contribution in [2.75, 3.05) is 26.3 Å². The van der Waals surface area contributed by atoms with Crippen molar-refractivity contribution in [1.29, 1.82) is 0 Å². The Labute approximate surface area is 66.9 Å². The van der Waals surface area contributed by atoms with Crippen LogP contribution in [0.25, 0.3) is 0 Å². The molecule has 0 bridgehead atoms. The van der Waals surface area contributed by atoms with Crippen molar-refractivity contribution >= 4 is 16.1 Å². The normalized spacial score (nSPS) is 19.2. The van der Waals surface area contributed by atoms with Gasteiger partial charge in [-0.25, -0.2) is 0 Å². The molecule has 0 atom stereocenters. The summed E-state index contributed by atoms with van der Waals surface area (Å²) in [6.45, 7) is 3.60. The van der Waals surface area contributed by atoms with Gasteiger partial charge < -0.3 is 11.0 Å². The van der Waals surface area contributed by atoms with Gasteiger partial charge >= 0.3 is 55.3 Å². The van der Waals surface area contributed by atoms with Crippen LogP contribution in [0.5, 0.6) is 0 Å². The number of hydrogen-bond acceptors (Lipinski definition) is 3. The topological polar surface area (TPSA) is 93.5 Å². The monoisotopic (exact) mass is 213 g/mol. The molecule has 1 aliphatic heterocycles. The Balaban J connectivity index is 0. The molecule has 0 aromatic rings. The molecular formula is C4H13GeNO4. The van der Waals surface area contributed by atoms with E-state index < -0.39 is 16.1 Å². The minimum Gasteiger partial charge on any atom is -0.412 e. The van der Waals surface area contributed by atoms with Crippen LogP contribution in [0, 0.1) is 0 Å². The zero-order valence-electron chi connectivity index (χ0n) is 5.64. The standard InChI is InChI=1S/C4H9GeNO2.2H2O/c1-3-7-5-8-4-2-6-1;;/h6H,1-4H2;2*1H2. The van der Waals surface area contributed by atoms with E-state index in [1.165, 1.54) is 0 Å². The molecule has 2 radical (unpaired) electrons. The predicted octanol–water partition coefficient (Wildman–Crippen LogP) is -2.49. The summed E-state index contributed by atoms with van der Waals surface area (Å²) in [5, 5.41) is 3.16. The van der Waals surface area contributed by atoms with Gasteiger partial charge in [0, 0.05) is 0 Å². The van der Waals surface area contributed by atoms with Crippen molar-refractivity contribution in [1.82, 2.24) is 5.32 Å². The fourth-order valence-corrected chi connectivity index (χ4v) is 1.45. The predicted molar refractivity (Wildman–Crippen MR) is 37.8 cm³/mol. The van der Waals surface area contributed by atoms with E-state index in [9.17, 15) is 0 Å². The molecule has 0 aromatic carbocycles. The Morgan fingerprint density at radius 1 is 1.00 bits per heavy atom. The summed E-state index contributed by atoms with van der Waals surface area (Å²) < 4.78 is 10.2. The van der Waals surface area contributed by atoms with Crippen LogP contribution in [0.15, 0.2) is 0 Å². The second-order valence-electron chi connectivity index (χ2n) is 1.53. The molecular weight excluding hydrogens is 199 g/mol. The Morgan fingerprint density at radius 2 is 1.50 bits per heavy atom. The van der Waals surface area contributed by atoms with Gasteiger partial charge in [0.25, 0.3) is 0 Å². The first-order valence-corrected chi connectivity index (χ1v) is 4.41. The maximum absolute atomic E-state index is 5.11. The fourth-order valence-electron chi connectivity index (χ4n) is 0.496. The average molecular weight is 212 g/mol. The number of hydrogen-bond donors (Lipinski definition) is 1. The molecule has 1 aliphatic rings. The number of rotatable bonds is 0. The van der Waals surface area contributed by atoms with Gasteiger partial charge in [-0.2, -0.15) is 0 Å². The molecule has 0 amide bonds. The summed E-state index contributed by atoms with van der Waals surface area (Å²) in [6, 6.07) is 0. The zero-order chi connectivity index (χ0) is 5.66. The van der Waals surface area contributed by atoms with Crippen LogP contribution in [0.3, 0.4) is 0 Å². The molecule has 0 unspecified atom stereocenters. The smallest absolute Gasteiger partial charge is 0.412 e. The van der Waals surface area contributed by atoms with E-state index in [2.05, 4.69) is 5.32 Å². The zero-order valence-corrected chi connectivity index (χ0v) is 7.74. The molecule has 1 heterocycles. The van der Waals surface area contributed by atoms with E-state index in [0.717, 1.165) is 26.3 Å². The van der Waals surface area contributed by atoms with Crippen LogP contribution >= 0.6 is 0 Å². The molecule has 62 valence electrons. The quantitative estimate of drug-likeness (QED) is 0.449.